The molecule has 3 N–H and O–H groups in total. The lowest BCUT2D eigenvalue weighted by molar-refractivity contribution is -0.150. The lowest BCUT2D eigenvalue weighted by atomic mass is 9.96. The second-order valence-corrected chi connectivity index (χ2v) is 17.4. The van der Waals surface area contributed by atoms with E-state index >= 15 is 0 Å². The molecule has 1 aliphatic rings. The highest BCUT2D eigenvalue weighted by molar-refractivity contribution is 7.98. The summed E-state index contributed by atoms with van der Waals surface area (Å²) in [7, 11) is 0. The van der Waals surface area contributed by atoms with Gasteiger partial charge in [0.25, 0.3) is 0 Å². The summed E-state index contributed by atoms with van der Waals surface area (Å²) in [6, 6.07) is 16.6. The fourth-order valence-electron chi connectivity index (χ4n) is 6.62. The molecule has 0 unspecified atom stereocenters. The van der Waals surface area contributed by atoms with E-state index in [4.69, 9.17) is 31.0 Å². The summed E-state index contributed by atoms with van der Waals surface area (Å²) in [5.41, 5.74) is 3.06. The number of carboxylic acid groups (broad SMARTS) is 1. The number of thiazole rings is 1. The first kappa shape index (κ1) is 44.4. The molecule has 2 atom stereocenters. The largest absolute Gasteiger partial charge is 0.492 e. The van der Waals surface area contributed by atoms with Crippen LogP contribution in [0.4, 0.5) is 10.6 Å². The number of benzene rings is 2. The number of nitrogens with one attached hydrogen (secondary N) is 2. The summed E-state index contributed by atoms with van der Waals surface area (Å²) in [4.78, 5) is 58.8. The molecule has 0 saturated carbocycles. The van der Waals surface area contributed by atoms with E-state index in [2.05, 4.69) is 32.3 Å². The molecule has 0 bridgehead atoms. The minimum atomic E-state index is -1.26. The summed E-state index contributed by atoms with van der Waals surface area (Å²) < 4.78 is 11.4. The molecule has 3 aromatic heterocycles. The number of nitrogens with zero attached hydrogens (tertiary/aromatic N) is 7. The molecule has 6 rings (SSSR count). The molecule has 2 aromatic carbocycles. The maximum Gasteiger partial charge on any atom is 0.408 e. The molecule has 18 heteroatoms. The predicted octanol–water partition coefficient (Wildman–Crippen LogP) is 7.70. The maximum absolute atomic E-state index is 14.0. The van der Waals surface area contributed by atoms with Crippen molar-refractivity contribution in [3.8, 4) is 39.6 Å². The third-order valence-corrected chi connectivity index (χ3v) is 11.8. The summed E-state index contributed by atoms with van der Waals surface area (Å²) in [5, 5.41) is 37.6. The number of anilines is 1. The number of carbonyl (C=O) groups is 3. The number of H-pyrrole nitrogens is 1. The number of imidazole rings is 1. The molecular formula is C43H44ClN9O6S2. The number of halogens is 1. The number of thioether (sulfide) groups is 1. The molecule has 2 amide bonds. The SMILES string of the molecule is C[C@@H](C(=O)O)N(CCOc1ccc(-c2c(C#N)c(SCc3csc(-c4ccc(Cl)cc4)n3)nc(N3CCCC3)c2C#N)cc1)C(=O)[C@H](Cc1c[nH]cn1)NC(=O)OC(C)(C)C. The predicted molar refractivity (Wildman–Crippen MR) is 232 cm³/mol. The molecule has 0 spiro atoms. The Morgan fingerprint density at radius 1 is 1.03 bits per heavy atom. The van der Waals surface area contributed by atoms with E-state index in [1.54, 1.807) is 51.2 Å². The monoisotopic (exact) mass is 881 g/mol. The van der Waals surface area contributed by atoms with Crippen LogP contribution in [0.25, 0.3) is 21.7 Å². The molecule has 15 nitrogen and oxygen atoms in total. The number of aromatic nitrogens is 4. The smallest absolute Gasteiger partial charge is 0.408 e. The molecule has 4 heterocycles. The van der Waals surface area contributed by atoms with Crippen LogP contribution in [0.15, 0.2) is 71.5 Å². The standard InChI is InChI=1S/C43H44ClN9O6S2/c1-26(41(55)56)53(40(54)35(19-30-22-47-25-48-30)50-42(57)59-43(2,3)4)17-18-58-32-13-9-27(10-14-32)36-33(20-45)37(52-15-5-6-16-52)51-39(34(36)21-46)61-24-31-23-60-38(49-31)28-7-11-29(44)12-8-28/h7-14,22-23,25-26,35H,5-6,15-19,24H2,1-4H3,(H,47,48)(H,50,57)(H,55,56)/t26-,35-/m0/s1. The first-order valence-corrected chi connectivity index (χ1v) is 21.7. The zero-order chi connectivity index (χ0) is 43.7. The summed E-state index contributed by atoms with van der Waals surface area (Å²) in [6.07, 6.45) is 4.08. The van der Waals surface area contributed by atoms with Crippen molar-refractivity contribution in [2.24, 2.45) is 0 Å². The van der Waals surface area contributed by atoms with E-state index in [1.807, 2.05) is 29.6 Å². The number of amides is 2. The molecule has 1 fully saturated rings. The van der Waals surface area contributed by atoms with Crippen LogP contribution in [-0.4, -0.2) is 91.8 Å². The van der Waals surface area contributed by atoms with Crippen LogP contribution in [0.3, 0.4) is 0 Å². The van der Waals surface area contributed by atoms with Crippen LogP contribution < -0.4 is 15.0 Å². The number of hydrogen-bond donors (Lipinski definition) is 3. The number of hydrogen-bond acceptors (Lipinski definition) is 13. The third kappa shape index (κ3) is 11.4. The number of pyridine rings is 1. The molecule has 316 valence electrons. The Hall–Kier alpha value is -6.14. The van der Waals surface area contributed by atoms with Crippen molar-refractivity contribution in [2.45, 2.75) is 75.4 Å². The fraction of sp³-hybridized carbons (Fsp3) is 0.349. The summed E-state index contributed by atoms with van der Waals surface area (Å²) in [5.74, 6) is -0.523. The Bertz CT molecular complexity index is 2420. The van der Waals surface area contributed by atoms with Crippen molar-refractivity contribution in [3.05, 3.63) is 94.0 Å². The number of alkyl carbamates (subject to hydrolysis) is 1. The highest BCUT2D eigenvalue weighted by atomic mass is 35.5. The van der Waals surface area contributed by atoms with Crippen LogP contribution in [0.1, 0.15) is 63.1 Å². The average molecular weight is 882 g/mol. The fourth-order valence-corrected chi connectivity index (χ4v) is 8.56. The van der Waals surface area contributed by atoms with Gasteiger partial charge in [-0.1, -0.05) is 47.6 Å². The third-order valence-electron chi connectivity index (χ3n) is 9.58. The van der Waals surface area contributed by atoms with E-state index in [9.17, 15) is 30.0 Å². The highest BCUT2D eigenvalue weighted by Crippen LogP contribution is 2.40. The van der Waals surface area contributed by atoms with Gasteiger partial charge in [-0.15, -0.1) is 11.3 Å². The number of aliphatic carboxylic acids is 1. The van der Waals surface area contributed by atoms with Gasteiger partial charge in [0.15, 0.2) is 0 Å². The van der Waals surface area contributed by atoms with Gasteiger partial charge in [0, 0.05) is 53.0 Å². The number of carbonyl (C=O) groups excluding carboxylic acids is 2. The Kier molecular flexibility index (Phi) is 14.5. The van der Waals surface area contributed by atoms with Gasteiger partial charge >= 0.3 is 12.1 Å². The zero-order valence-electron chi connectivity index (χ0n) is 34.0. The Morgan fingerprint density at radius 2 is 1.72 bits per heavy atom. The molecule has 5 aromatic rings. The molecule has 1 saturated heterocycles. The second kappa shape index (κ2) is 19.9. The van der Waals surface area contributed by atoms with Gasteiger partial charge < -0.3 is 34.7 Å². The highest BCUT2D eigenvalue weighted by Gasteiger charge is 2.34. The molecule has 1 aliphatic heterocycles. The number of carboxylic acids is 1. The van der Waals surface area contributed by atoms with Gasteiger partial charge in [-0.3, -0.25) is 4.79 Å². The van der Waals surface area contributed by atoms with Gasteiger partial charge in [0.2, 0.25) is 5.91 Å². The van der Waals surface area contributed by atoms with Gasteiger partial charge in [0.05, 0.1) is 29.8 Å². The lowest BCUT2D eigenvalue weighted by Gasteiger charge is -2.31. The van der Waals surface area contributed by atoms with Crippen molar-refractivity contribution >= 4 is 58.5 Å². The maximum atomic E-state index is 14.0. The second-order valence-electron chi connectivity index (χ2n) is 15.1. The van der Waals surface area contributed by atoms with E-state index < -0.39 is 35.7 Å². The molecule has 61 heavy (non-hydrogen) atoms. The Morgan fingerprint density at radius 3 is 2.34 bits per heavy atom. The summed E-state index contributed by atoms with van der Waals surface area (Å²) in [6.45, 7) is 7.69. The average Bonchev–Trinajstić information content (AvgIpc) is 4.05. The van der Waals surface area contributed by atoms with Crippen LogP contribution in [0, 0.1) is 22.7 Å². The van der Waals surface area contributed by atoms with Crippen LogP contribution in [0.5, 0.6) is 5.75 Å². The molecule has 0 aliphatic carbocycles. The van der Waals surface area contributed by atoms with Gasteiger partial charge in [-0.2, -0.15) is 10.5 Å². The Labute approximate surface area is 366 Å². The van der Waals surface area contributed by atoms with Crippen molar-refractivity contribution in [3.63, 3.8) is 0 Å². The normalized spacial score (nSPS) is 13.5. The van der Waals surface area contributed by atoms with E-state index in [0.717, 1.165) is 47.1 Å². The number of rotatable bonds is 16. The van der Waals surface area contributed by atoms with Crippen molar-refractivity contribution in [1.82, 2.24) is 30.2 Å². The first-order valence-electron chi connectivity index (χ1n) is 19.4. The molecular weight excluding hydrogens is 838 g/mol. The zero-order valence-corrected chi connectivity index (χ0v) is 36.4. The summed E-state index contributed by atoms with van der Waals surface area (Å²) >= 11 is 8.98. The number of ether oxygens (including phenoxy) is 2. The Balaban J connectivity index is 1.22. The van der Waals surface area contributed by atoms with Crippen LogP contribution in [-0.2, 0) is 26.5 Å². The number of nitriles is 2. The van der Waals surface area contributed by atoms with Gasteiger partial charge in [-0.05, 0) is 70.4 Å². The quantitative estimate of drug-likeness (QED) is 0.0813. The van der Waals surface area contributed by atoms with Gasteiger partial charge in [-0.25, -0.2) is 24.5 Å². The van der Waals surface area contributed by atoms with E-state index in [-0.39, 0.29) is 25.1 Å². The van der Waals surface area contributed by atoms with Crippen molar-refractivity contribution in [1.29, 1.82) is 10.5 Å². The minimum absolute atomic E-state index is 0.0209. The van der Waals surface area contributed by atoms with E-state index in [0.29, 0.717) is 49.8 Å². The number of aromatic amines is 1. The topological polar surface area (TPSA) is 210 Å². The van der Waals surface area contributed by atoms with E-state index in [1.165, 1.54) is 36.3 Å². The van der Waals surface area contributed by atoms with Crippen LogP contribution >= 0.6 is 34.7 Å². The lowest BCUT2D eigenvalue weighted by Crippen LogP contribution is -2.55. The van der Waals surface area contributed by atoms with Crippen molar-refractivity contribution in [2.75, 3.05) is 31.1 Å². The van der Waals surface area contributed by atoms with Crippen LogP contribution in [0.2, 0.25) is 5.02 Å². The van der Waals surface area contributed by atoms with Crippen molar-refractivity contribution < 1.29 is 29.0 Å². The van der Waals surface area contributed by atoms with Gasteiger partial charge in [0.1, 0.15) is 63.6 Å². The first-order chi connectivity index (χ1) is 29.2. The minimum Gasteiger partial charge on any atom is -0.492 e. The molecule has 0 radical (unpaired) electrons.